The van der Waals surface area contributed by atoms with Crippen LogP contribution in [0.25, 0.3) is 16.6 Å². The molecule has 2 aromatic carbocycles. The average molecular weight is 435 g/mol. The lowest BCUT2D eigenvalue weighted by Gasteiger charge is -2.18. The van der Waals surface area contributed by atoms with Crippen LogP contribution in [-0.4, -0.2) is 9.55 Å². The van der Waals surface area contributed by atoms with Gasteiger partial charge in [-0.3, -0.25) is 9.36 Å². The van der Waals surface area contributed by atoms with Crippen molar-refractivity contribution in [3.63, 3.8) is 0 Å². The van der Waals surface area contributed by atoms with Crippen LogP contribution in [0.4, 0.5) is 4.39 Å². The topological polar surface area (TPSA) is 60.9 Å². The van der Waals surface area contributed by atoms with Crippen LogP contribution in [0.2, 0.25) is 0 Å². The van der Waals surface area contributed by atoms with E-state index >= 15 is 0 Å². The number of nitrogens with zero attached hydrogens (tertiary/aromatic N) is 2. The molecule has 1 fully saturated rings. The molecule has 0 saturated heterocycles. The van der Waals surface area contributed by atoms with Crippen molar-refractivity contribution in [2.45, 2.75) is 18.9 Å². The van der Waals surface area contributed by atoms with Crippen LogP contribution in [0, 0.1) is 15.3 Å². The molecule has 24 heavy (non-hydrogen) atoms. The van der Waals surface area contributed by atoms with Crippen LogP contribution in [-0.2, 0) is 0 Å². The molecule has 1 atom stereocenters. The zero-order valence-electron chi connectivity index (χ0n) is 12.7. The van der Waals surface area contributed by atoms with E-state index < -0.39 is 5.82 Å². The van der Waals surface area contributed by atoms with E-state index in [1.807, 2.05) is 52.9 Å². The Bertz CT molecular complexity index is 983. The lowest BCUT2D eigenvalue weighted by atomic mass is 10.1. The van der Waals surface area contributed by atoms with Gasteiger partial charge >= 0.3 is 0 Å². The summed E-state index contributed by atoms with van der Waals surface area (Å²) < 4.78 is 15.9. The van der Waals surface area contributed by atoms with Gasteiger partial charge in [0, 0.05) is 3.57 Å². The van der Waals surface area contributed by atoms with Crippen molar-refractivity contribution in [1.29, 1.82) is 0 Å². The Labute approximate surface area is 151 Å². The smallest absolute Gasteiger partial charge is 0.266 e. The summed E-state index contributed by atoms with van der Waals surface area (Å²) in [6.07, 6.45) is 2.09. The van der Waals surface area contributed by atoms with Gasteiger partial charge in [-0.1, -0.05) is 18.2 Å². The molecule has 0 radical (unpaired) electrons. The summed E-state index contributed by atoms with van der Waals surface area (Å²) in [6.45, 7) is 0. The average Bonchev–Trinajstić information content (AvgIpc) is 3.40. The van der Waals surface area contributed by atoms with Gasteiger partial charge in [0.25, 0.3) is 5.56 Å². The predicted octanol–water partition coefficient (Wildman–Crippen LogP) is 3.54. The molecule has 6 heteroatoms. The number of benzene rings is 2. The van der Waals surface area contributed by atoms with Gasteiger partial charge < -0.3 is 5.73 Å². The van der Waals surface area contributed by atoms with Crippen molar-refractivity contribution in [3.8, 4) is 5.69 Å². The van der Waals surface area contributed by atoms with Crippen molar-refractivity contribution in [2.75, 3.05) is 0 Å². The van der Waals surface area contributed by atoms with Crippen molar-refractivity contribution in [2.24, 2.45) is 11.7 Å². The molecule has 4 rings (SSSR count). The van der Waals surface area contributed by atoms with Gasteiger partial charge in [0.2, 0.25) is 0 Å². The second-order valence-electron chi connectivity index (χ2n) is 6.09. The Balaban J connectivity index is 2.09. The second-order valence-corrected chi connectivity index (χ2v) is 7.26. The Morgan fingerprint density at radius 1 is 1.25 bits per heavy atom. The zero-order chi connectivity index (χ0) is 16.8. The van der Waals surface area contributed by atoms with E-state index in [2.05, 4.69) is 4.98 Å². The van der Waals surface area contributed by atoms with Crippen LogP contribution in [0.15, 0.2) is 47.3 Å². The number of rotatable bonds is 3. The summed E-state index contributed by atoms with van der Waals surface area (Å²) in [5.74, 6) is 0.456. The largest absolute Gasteiger partial charge is 0.321 e. The van der Waals surface area contributed by atoms with E-state index in [-0.39, 0.29) is 17.0 Å². The highest BCUT2D eigenvalue weighted by atomic mass is 127. The van der Waals surface area contributed by atoms with Gasteiger partial charge in [-0.2, -0.15) is 0 Å². The minimum absolute atomic E-state index is 0.273. The molecule has 1 aliphatic carbocycles. The van der Waals surface area contributed by atoms with Crippen molar-refractivity contribution in [1.82, 2.24) is 9.55 Å². The van der Waals surface area contributed by atoms with E-state index in [0.29, 0.717) is 26.5 Å². The van der Waals surface area contributed by atoms with E-state index in [4.69, 9.17) is 5.73 Å². The molecule has 1 aliphatic rings. The third-order valence-electron chi connectivity index (χ3n) is 4.36. The Morgan fingerprint density at radius 2 is 1.96 bits per heavy atom. The fourth-order valence-electron chi connectivity index (χ4n) is 2.95. The molecule has 0 spiro atoms. The molecule has 2 N–H and O–H groups in total. The van der Waals surface area contributed by atoms with Crippen LogP contribution >= 0.6 is 22.6 Å². The maximum Gasteiger partial charge on any atom is 0.266 e. The molecule has 1 unspecified atom stereocenters. The fraction of sp³-hybridized carbons (Fsp3) is 0.222. The summed E-state index contributed by atoms with van der Waals surface area (Å²) in [5.41, 5.74) is 7.31. The number of para-hydroxylation sites is 1. The van der Waals surface area contributed by atoms with Crippen LogP contribution in [0.5, 0.6) is 0 Å². The number of nitrogens with two attached hydrogens (primary N) is 1. The molecule has 1 aromatic heterocycles. The molecule has 0 bridgehead atoms. The maximum absolute atomic E-state index is 13.8. The summed E-state index contributed by atoms with van der Waals surface area (Å²) in [7, 11) is 0. The first-order valence-electron chi connectivity index (χ1n) is 7.79. The van der Waals surface area contributed by atoms with Gasteiger partial charge in [0.15, 0.2) is 0 Å². The van der Waals surface area contributed by atoms with E-state index in [9.17, 15) is 9.18 Å². The van der Waals surface area contributed by atoms with Gasteiger partial charge in [0.05, 0.1) is 22.6 Å². The van der Waals surface area contributed by atoms with E-state index in [0.717, 1.165) is 12.8 Å². The number of halogens is 2. The predicted molar refractivity (Wildman–Crippen MR) is 99.7 cm³/mol. The number of hydrogen-bond donors (Lipinski definition) is 1. The second kappa shape index (κ2) is 5.93. The van der Waals surface area contributed by atoms with Crippen molar-refractivity contribution in [3.05, 3.63) is 68.0 Å². The number of hydrogen-bond acceptors (Lipinski definition) is 3. The van der Waals surface area contributed by atoms with E-state index in [1.54, 1.807) is 0 Å². The van der Waals surface area contributed by atoms with Gasteiger partial charge in [-0.05, 0) is 65.6 Å². The molecule has 0 aliphatic heterocycles. The van der Waals surface area contributed by atoms with Gasteiger partial charge in [0.1, 0.15) is 11.6 Å². The third kappa shape index (κ3) is 2.63. The highest BCUT2D eigenvalue weighted by molar-refractivity contribution is 14.1. The molecule has 4 nitrogen and oxygen atoms in total. The zero-order valence-corrected chi connectivity index (χ0v) is 14.9. The first kappa shape index (κ1) is 15.7. The number of fused-ring (bicyclic) bond motifs is 1. The van der Waals surface area contributed by atoms with Crippen molar-refractivity contribution >= 4 is 33.5 Å². The maximum atomic E-state index is 13.8. The summed E-state index contributed by atoms with van der Waals surface area (Å²) >= 11 is 2.01. The number of aromatic nitrogens is 2. The molecule has 122 valence electrons. The molecular formula is C18H15FIN3O. The molecule has 1 heterocycles. The Morgan fingerprint density at radius 3 is 2.62 bits per heavy atom. The normalized spacial score (nSPS) is 15.6. The highest BCUT2D eigenvalue weighted by Gasteiger charge is 2.33. The van der Waals surface area contributed by atoms with Crippen molar-refractivity contribution < 1.29 is 4.39 Å². The SMILES string of the molecule is NC(c1nc2c(I)cc(F)cc2c(=O)n1-c1ccccc1)C1CC1. The van der Waals surface area contributed by atoms with Crippen LogP contribution < -0.4 is 11.3 Å². The first-order valence-corrected chi connectivity index (χ1v) is 8.87. The lowest BCUT2D eigenvalue weighted by molar-refractivity contribution is 0.573. The summed E-state index contributed by atoms with van der Waals surface area (Å²) in [6, 6.07) is 11.6. The summed E-state index contributed by atoms with van der Waals surface area (Å²) in [5, 5.41) is 0.273. The van der Waals surface area contributed by atoms with Crippen LogP contribution in [0.1, 0.15) is 24.7 Å². The van der Waals surface area contributed by atoms with Crippen LogP contribution in [0.3, 0.4) is 0 Å². The van der Waals surface area contributed by atoms with Gasteiger partial charge in [-0.25, -0.2) is 9.37 Å². The van der Waals surface area contributed by atoms with E-state index in [1.165, 1.54) is 16.7 Å². The Hall–Kier alpha value is -1.80. The summed E-state index contributed by atoms with van der Waals surface area (Å²) in [4.78, 5) is 17.8. The molecule has 1 saturated carbocycles. The quantitative estimate of drug-likeness (QED) is 0.641. The molecular weight excluding hydrogens is 420 g/mol. The van der Waals surface area contributed by atoms with Gasteiger partial charge in [-0.15, -0.1) is 0 Å². The Kier molecular flexibility index (Phi) is 3.88. The minimum Gasteiger partial charge on any atom is -0.321 e. The molecule has 3 aromatic rings. The lowest BCUT2D eigenvalue weighted by Crippen LogP contribution is -2.29. The molecule has 0 amide bonds. The highest BCUT2D eigenvalue weighted by Crippen LogP contribution is 2.39. The monoisotopic (exact) mass is 435 g/mol. The standard InChI is InChI=1S/C18H15FIN3O/c19-11-8-13-16(14(20)9-11)22-17(15(21)10-6-7-10)23(18(13)24)12-4-2-1-3-5-12/h1-5,8-10,15H,6-7,21H2. The fourth-order valence-corrected chi connectivity index (χ4v) is 3.66. The minimum atomic E-state index is -0.440. The first-order chi connectivity index (χ1) is 11.6. The third-order valence-corrected chi connectivity index (χ3v) is 5.18.